The normalized spacial score (nSPS) is 17.1. The molecule has 1 heterocycles. The smallest absolute Gasteiger partial charge is 0.122 e. The number of nitrogens with zero attached hydrogens (tertiary/aromatic N) is 1. The molecule has 1 atom stereocenters. The third-order valence-corrected chi connectivity index (χ3v) is 4.07. The van der Waals surface area contributed by atoms with E-state index in [-0.39, 0.29) is 0 Å². The van der Waals surface area contributed by atoms with Gasteiger partial charge in [0, 0.05) is 24.7 Å². The summed E-state index contributed by atoms with van der Waals surface area (Å²) < 4.78 is 5.63. The van der Waals surface area contributed by atoms with Crippen molar-refractivity contribution in [3.05, 3.63) is 23.7 Å². The van der Waals surface area contributed by atoms with Crippen LogP contribution in [0.1, 0.15) is 51.4 Å². The van der Waals surface area contributed by atoms with Crippen LogP contribution in [0.5, 0.6) is 0 Å². The van der Waals surface area contributed by atoms with Crippen molar-refractivity contribution in [3.8, 4) is 0 Å². The summed E-state index contributed by atoms with van der Waals surface area (Å²) in [5.74, 6) is 1.88. The minimum absolute atomic E-state index is 0.736. The first-order valence-electron chi connectivity index (χ1n) is 7.73. The van der Waals surface area contributed by atoms with Gasteiger partial charge in [-0.1, -0.05) is 27.2 Å². The molecule has 2 rings (SSSR count). The van der Waals surface area contributed by atoms with Crippen LogP contribution in [0, 0.1) is 5.92 Å². The van der Waals surface area contributed by atoms with Crippen LogP contribution in [-0.2, 0) is 13.1 Å². The molecule has 1 aromatic rings. The second-order valence-corrected chi connectivity index (χ2v) is 5.87. The molecule has 1 saturated carbocycles. The molecule has 108 valence electrons. The van der Waals surface area contributed by atoms with Gasteiger partial charge in [0.1, 0.15) is 5.76 Å². The zero-order valence-electron chi connectivity index (χ0n) is 12.6. The summed E-state index contributed by atoms with van der Waals surface area (Å²) in [6, 6.07) is 2.86. The lowest BCUT2D eigenvalue weighted by molar-refractivity contribution is 0.236. The Bertz CT molecular complexity index is 371. The van der Waals surface area contributed by atoms with Gasteiger partial charge in [-0.2, -0.15) is 0 Å². The van der Waals surface area contributed by atoms with Gasteiger partial charge in [-0.15, -0.1) is 0 Å². The highest BCUT2D eigenvalue weighted by molar-refractivity contribution is 5.17. The number of hydrogen-bond donors (Lipinski definition) is 1. The van der Waals surface area contributed by atoms with Gasteiger partial charge in [-0.25, -0.2) is 0 Å². The summed E-state index contributed by atoms with van der Waals surface area (Å²) >= 11 is 0. The van der Waals surface area contributed by atoms with E-state index >= 15 is 0 Å². The molecule has 0 amide bonds. The van der Waals surface area contributed by atoms with Crippen LogP contribution in [0.3, 0.4) is 0 Å². The third-order valence-electron chi connectivity index (χ3n) is 4.07. The van der Waals surface area contributed by atoms with Gasteiger partial charge in [-0.05, 0) is 31.4 Å². The van der Waals surface area contributed by atoms with E-state index in [1.54, 1.807) is 0 Å². The van der Waals surface area contributed by atoms with Crippen molar-refractivity contribution < 1.29 is 4.42 Å². The Morgan fingerprint density at radius 2 is 2.21 bits per heavy atom. The average molecular weight is 264 g/mol. The van der Waals surface area contributed by atoms with Crippen molar-refractivity contribution in [2.24, 2.45) is 5.92 Å². The molecule has 0 aliphatic heterocycles. The molecular weight excluding hydrogens is 236 g/mol. The first-order valence-corrected chi connectivity index (χ1v) is 7.73. The lowest BCUT2D eigenvalue weighted by Crippen LogP contribution is -2.28. The molecule has 19 heavy (non-hydrogen) atoms. The van der Waals surface area contributed by atoms with Crippen molar-refractivity contribution in [2.45, 2.75) is 59.2 Å². The van der Waals surface area contributed by atoms with Crippen molar-refractivity contribution in [1.29, 1.82) is 0 Å². The van der Waals surface area contributed by atoms with Crippen molar-refractivity contribution in [1.82, 2.24) is 10.2 Å². The largest absolute Gasteiger partial charge is 0.468 e. The molecule has 1 aromatic heterocycles. The van der Waals surface area contributed by atoms with E-state index in [4.69, 9.17) is 4.42 Å². The zero-order valence-corrected chi connectivity index (χ0v) is 12.6. The number of rotatable bonds is 9. The van der Waals surface area contributed by atoms with Crippen LogP contribution in [0.4, 0.5) is 0 Å². The molecule has 1 aliphatic rings. The molecule has 1 N–H and O–H groups in total. The molecule has 3 nitrogen and oxygen atoms in total. The lowest BCUT2D eigenvalue weighted by Gasteiger charge is -2.23. The fourth-order valence-corrected chi connectivity index (χ4v) is 2.30. The van der Waals surface area contributed by atoms with Crippen LogP contribution < -0.4 is 5.32 Å². The Morgan fingerprint density at radius 3 is 2.84 bits per heavy atom. The highest BCUT2D eigenvalue weighted by Gasteiger charge is 2.21. The van der Waals surface area contributed by atoms with Crippen molar-refractivity contribution in [2.75, 3.05) is 13.1 Å². The Kier molecular flexibility index (Phi) is 5.46. The highest BCUT2D eigenvalue weighted by Crippen LogP contribution is 2.21. The van der Waals surface area contributed by atoms with Gasteiger partial charge >= 0.3 is 0 Å². The SMILES string of the molecule is CCC(C)CN(CC)Cc1ccoc1CNC1CC1. The van der Waals surface area contributed by atoms with Gasteiger partial charge in [0.15, 0.2) is 0 Å². The minimum Gasteiger partial charge on any atom is -0.468 e. The van der Waals surface area contributed by atoms with Gasteiger partial charge in [0.2, 0.25) is 0 Å². The summed E-state index contributed by atoms with van der Waals surface area (Å²) in [5, 5.41) is 3.53. The molecule has 1 aliphatic carbocycles. The molecule has 0 radical (unpaired) electrons. The summed E-state index contributed by atoms with van der Waals surface area (Å²) in [7, 11) is 0. The summed E-state index contributed by atoms with van der Waals surface area (Å²) in [6.45, 7) is 11.0. The fraction of sp³-hybridized carbons (Fsp3) is 0.750. The minimum atomic E-state index is 0.736. The molecule has 3 heteroatoms. The first kappa shape index (κ1) is 14.6. The van der Waals surface area contributed by atoms with Gasteiger partial charge in [-0.3, -0.25) is 4.90 Å². The predicted octanol–water partition coefficient (Wildman–Crippen LogP) is 3.40. The quantitative estimate of drug-likeness (QED) is 0.741. The molecular formula is C16H28N2O. The second-order valence-electron chi connectivity index (χ2n) is 5.87. The van der Waals surface area contributed by atoms with Crippen molar-refractivity contribution >= 4 is 0 Å². The second kappa shape index (κ2) is 7.11. The molecule has 0 bridgehead atoms. The fourth-order valence-electron chi connectivity index (χ4n) is 2.30. The van der Waals surface area contributed by atoms with E-state index in [0.29, 0.717) is 0 Å². The number of furan rings is 1. The standard InChI is InChI=1S/C16H28N2O/c1-4-13(3)11-18(5-2)12-14-8-9-19-16(14)10-17-15-6-7-15/h8-9,13,15,17H,4-7,10-12H2,1-3H3. The molecule has 0 aromatic carbocycles. The molecule has 1 fully saturated rings. The molecule has 0 spiro atoms. The highest BCUT2D eigenvalue weighted by atomic mass is 16.3. The van der Waals surface area contributed by atoms with Crippen LogP contribution in [0.15, 0.2) is 16.7 Å². The Balaban J connectivity index is 1.86. The van der Waals surface area contributed by atoms with E-state index < -0.39 is 0 Å². The monoisotopic (exact) mass is 264 g/mol. The van der Waals surface area contributed by atoms with E-state index in [1.165, 1.54) is 31.4 Å². The third kappa shape index (κ3) is 4.66. The Labute approximate surface area is 117 Å². The van der Waals surface area contributed by atoms with E-state index in [9.17, 15) is 0 Å². The number of nitrogens with one attached hydrogen (secondary N) is 1. The Hall–Kier alpha value is -0.800. The summed E-state index contributed by atoms with van der Waals surface area (Å²) in [4.78, 5) is 2.51. The topological polar surface area (TPSA) is 28.4 Å². The summed E-state index contributed by atoms with van der Waals surface area (Å²) in [5.41, 5.74) is 1.35. The van der Waals surface area contributed by atoms with Crippen LogP contribution in [-0.4, -0.2) is 24.0 Å². The van der Waals surface area contributed by atoms with E-state index in [2.05, 4.69) is 37.1 Å². The van der Waals surface area contributed by atoms with Crippen LogP contribution in [0.25, 0.3) is 0 Å². The maximum Gasteiger partial charge on any atom is 0.122 e. The number of hydrogen-bond acceptors (Lipinski definition) is 3. The van der Waals surface area contributed by atoms with Gasteiger partial charge < -0.3 is 9.73 Å². The molecule has 0 saturated heterocycles. The van der Waals surface area contributed by atoms with Crippen molar-refractivity contribution in [3.63, 3.8) is 0 Å². The molecule has 1 unspecified atom stereocenters. The maximum atomic E-state index is 5.63. The van der Waals surface area contributed by atoms with Gasteiger partial charge in [0.25, 0.3) is 0 Å². The maximum absolute atomic E-state index is 5.63. The van der Waals surface area contributed by atoms with E-state index in [1.807, 2.05) is 6.26 Å². The van der Waals surface area contributed by atoms with Crippen LogP contribution in [0.2, 0.25) is 0 Å². The van der Waals surface area contributed by atoms with Crippen LogP contribution >= 0.6 is 0 Å². The Morgan fingerprint density at radius 1 is 1.42 bits per heavy atom. The lowest BCUT2D eigenvalue weighted by atomic mass is 10.1. The van der Waals surface area contributed by atoms with E-state index in [0.717, 1.165) is 37.4 Å². The average Bonchev–Trinajstić information content (AvgIpc) is 3.15. The zero-order chi connectivity index (χ0) is 13.7. The summed E-state index contributed by atoms with van der Waals surface area (Å²) in [6.07, 6.45) is 5.73. The predicted molar refractivity (Wildman–Crippen MR) is 79.0 cm³/mol. The first-order chi connectivity index (χ1) is 9.22. The van der Waals surface area contributed by atoms with Gasteiger partial charge in [0.05, 0.1) is 12.8 Å².